The van der Waals surface area contributed by atoms with Crippen LogP contribution in [0.25, 0.3) is 0 Å². The minimum absolute atomic E-state index is 0.0970. The molecule has 0 nitrogen and oxygen atoms in total. The zero-order chi connectivity index (χ0) is 27.1. The molecule has 0 atom stereocenters. The van der Waals surface area contributed by atoms with Gasteiger partial charge in [0.2, 0.25) is 0 Å². The van der Waals surface area contributed by atoms with Gasteiger partial charge in [0.25, 0.3) is 0 Å². The van der Waals surface area contributed by atoms with E-state index in [0.29, 0.717) is 5.41 Å². The smallest absolute Gasteiger partial charge is 0.207 e. The van der Waals surface area contributed by atoms with Gasteiger partial charge in [-0.1, -0.05) is 99.4 Å². The Bertz CT molecular complexity index is 851. The highest BCUT2D eigenvalue weighted by Crippen LogP contribution is 2.39. The molecule has 2 aromatic carbocycles. The molecule has 0 unspecified atom stereocenters. The van der Waals surface area contributed by atoms with Gasteiger partial charge in [0.15, 0.2) is 0 Å². The normalized spacial score (nSPS) is 14.4. The molecule has 1 aliphatic carbocycles. The van der Waals surface area contributed by atoms with Crippen LogP contribution in [-0.4, -0.2) is 0 Å². The van der Waals surface area contributed by atoms with E-state index in [1.54, 1.807) is 12.1 Å². The molecule has 0 amide bonds. The topological polar surface area (TPSA) is 0 Å². The van der Waals surface area contributed by atoms with Crippen LogP contribution < -0.4 is 0 Å². The van der Waals surface area contributed by atoms with Crippen LogP contribution in [0.4, 0.5) is 17.6 Å². The van der Waals surface area contributed by atoms with E-state index < -0.39 is 11.7 Å². The van der Waals surface area contributed by atoms with Crippen LogP contribution in [0, 0.1) is 28.0 Å². The van der Waals surface area contributed by atoms with Crippen LogP contribution in [0.15, 0.2) is 48.5 Å². The van der Waals surface area contributed by atoms with Crippen LogP contribution in [-0.2, 0) is 19.0 Å². The summed E-state index contributed by atoms with van der Waals surface area (Å²) >= 11 is 0. The van der Waals surface area contributed by atoms with E-state index in [9.17, 15) is 17.6 Å². The number of benzene rings is 2. The van der Waals surface area contributed by atoms with E-state index in [-0.39, 0.29) is 16.6 Å². The standard InChI is InChI=1S/C12H15F3.C11H15F.C8H16/c1-11(2,3)8-9-4-6-10(7-5-9)12(13,14)15;1-11(2,3)8-9-4-6-10(12)7-5-9;1-8(2,3)6-7-4-5-7/h4-7H,8H2,1-3H3;4-7H,8H2,1-3H3;7H,4-6H2,1-3H3. The van der Waals surface area contributed by atoms with Crippen molar-refractivity contribution < 1.29 is 17.6 Å². The lowest BCUT2D eigenvalue weighted by molar-refractivity contribution is -0.137. The van der Waals surface area contributed by atoms with E-state index >= 15 is 0 Å². The van der Waals surface area contributed by atoms with Crippen LogP contribution >= 0.6 is 0 Å². The van der Waals surface area contributed by atoms with E-state index in [1.807, 2.05) is 12.1 Å². The van der Waals surface area contributed by atoms with Crippen molar-refractivity contribution >= 4 is 0 Å². The lowest BCUT2D eigenvalue weighted by Gasteiger charge is -2.18. The van der Waals surface area contributed by atoms with Gasteiger partial charge in [-0.25, -0.2) is 4.39 Å². The fraction of sp³-hybridized carbons (Fsp3) is 0.613. The molecule has 0 saturated heterocycles. The average molecular weight is 495 g/mol. The van der Waals surface area contributed by atoms with E-state index in [1.165, 1.54) is 37.0 Å². The average Bonchev–Trinajstić information content (AvgIpc) is 3.44. The Morgan fingerprint density at radius 2 is 0.971 bits per heavy atom. The third-order valence-electron chi connectivity index (χ3n) is 5.26. The number of hydrogen-bond acceptors (Lipinski definition) is 0. The molecule has 0 heterocycles. The molecule has 0 radical (unpaired) electrons. The first-order valence-corrected chi connectivity index (χ1v) is 12.6. The van der Waals surface area contributed by atoms with Crippen LogP contribution in [0.5, 0.6) is 0 Å². The summed E-state index contributed by atoms with van der Waals surface area (Å²) in [5, 5.41) is 0. The molecular formula is C31H46F4. The summed E-state index contributed by atoms with van der Waals surface area (Å²) in [6.45, 7) is 19.7. The van der Waals surface area contributed by atoms with Gasteiger partial charge in [-0.3, -0.25) is 0 Å². The quantitative estimate of drug-likeness (QED) is 0.372. The van der Waals surface area contributed by atoms with Crippen molar-refractivity contribution in [3.8, 4) is 0 Å². The van der Waals surface area contributed by atoms with Gasteiger partial charge in [-0.2, -0.15) is 13.2 Å². The summed E-state index contributed by atoms with van der Waals surface area (Å²) in [4.78, 5) is 0. The highest BCUT2D eigenvalue weighted by atomic mass is 19.4. The maximum Gasteiger partial charge on any atom is 0.416 e. The van der Waals surface area contributed by atoms with Crippen LogP contribution in [0.3, 0.4) is 0 Å². The van der Waals surface area contributed by atoms with Gasteiger partial charge in [-0.15, -0.1) is 0 Å². The molecule has 0 aromatic heterocycles. The van der Waals surface area contributed by atoms with Crippen molar-refractivity contribution in [1.82, 2.24) is 0 Å². The van der Waals surface area contributed by atoms with Gasteiger partial charge in [0.1, 0.15) is 5.82 Å². The number of halogens is 4. The molecule has 0 spiro atoms. The molecular weight excluding hydrogens is 448 g/mol. The first kappa shape index (κ1) is 31.2. The molecule has 198 valence electrons. The minimum Gasteiger partial charge on any atom is -0.207 e. The fourth-order valence-electron chi connectivity index (χ4n) is 3.83. The van der Waals surface area contributed by atoms with Crippen molar-refractivity contribution in [2.75, 3.05) is 0 Å². The first-order chi connectivity index (χ1) is 15.7. The predicted molar refractivity (Wildman–Crippen MR) is 141 cm³/mol. The Kier molecular flexibility index (Phi) is 11.1. The SMILES string of the molecule is CC(C)(C)CC1CC1.CC(C)(C)Cc1ccc(C(F)(F)F)cc1.CC(C)(C)Cc1ccc(F)cc1. The monoisotopic (exact) mass is 494 g/mol. The lowest BCUT2D eigenvalue weighted by atomic mass is 9.88. The zero-order valence-electron chi connectivity index (χ0n) is 23.2. The number of hydrogen-bond donors (Lipinski definition) is 0. The molecule has 4 heteroatoms. The first-order valence-electron chi connectivity index (χ1n) is 12.6. The second-order valence-corrected chi connectivity index (χ2v) is 13.5. The van der Waals surface area contributed by atoms with Crippen molar-refractivity contribution in [2.24, 2.45) is 22.2 Å². The summed E-state index contributed by atoms with van der Waals surface area (Å²) in [6, 6.07) is 12.1. The maximum atomic E-state index is 12.5. The van der Waals surface area contributed by atoms with Gasteiger partial charge >= 0.3 is 6.18 Å². The molecule has 1 fully saturated rings. The maximum absolute atomic E-state index is 12.5. The van der Waals surface area contributed by atoms with E-state index in [2.05, 4.69) is 62.3 Å². The summed E-state index contributed by atoms with van der Waals surface area (Å²) in [6.07, 6.45) is 1.97. The fourth-order valence-corrected chi connectivity index (χ4v) is 3.83. The van der Waals surface area contributed by atoms with Gasteiger partial charge < -0.3 is 0 Å². The summed E-state index contributed by atoms with van der Waals surface area (Å²) in [5.74, 6) is 0.933. The van der Waals surface area contributed by atoms with E-state index in [0.717, 1.165) is 36.5 Å². The van der Waals surface area contributed by atoms with Gasteiger partial charge in [-0.05, 0) is 76.8 Å². The summed E-state index contributed by atoms with van der Waals surface area (Å²) in [5.41, 5.74) is 2.51. The van der Waals surface area contributed by atoms with Crippen LogP contribution in [0.1, 0.15) is 98.3 Å². The Morgan fingerprint density at radius 1 is 0.600 bits per heavy atom. The summed E-state index contributed by atoms with van der Waals surface area (Å²) in [7, 11) is 0. The second-order valence-electron chi connectivity index (χ2n) is 13.5. The molecule has 2 aromatic rings. The van der Waals surface area contributed by atoms with Crippen molar-refractivity contribution in [3.05, 3.63) is 71.0 Å². The zero-order valence-corrected chi connectivity index (χ0v) is 23.2. The largest absolute Gasteiger partial charge is 0.416 e. The highest BCUT2D eigenvalue weighted by molar-refractivity contribution is 5.25. The van der Waals surface area contributed by atoms with Crippen LogP contribution in [0.2, 0.25) is 0 Å². The number of rotatable bonds is 3. The Hall–Kier alpha value is -1.84. The Labute approximate surface area is 211 Å². The number of alkyl halides is 3. The minimum atomic E-state index is -4.24. The molecule has 3 rings (SSSR count). The molecule has 0 aliphatic heterocycles. The Balaban J connectivity index is 0.000000274. The molecule has 0 N–H and O–H groups in total. The predicted octanol–water partition coefficient (Wildman–Crippen LogP) is 10.5. The van der Waals surface area contributed by atoms with Gasteiger partial charge in [0, 0.05) is 0 Å². The van der Waals surface area contributed by atoms with E-state index in [4.69, 9.17) is 0 Å². The highest BCUT2D eigenvalue weighted by Gasteiger charge is 2.30. The van der Waals surface area contributed by atoms with Crippen molar-refractivity contribution in [1.29, 1.82) is 0 Å². The molecule has 35 heavy (non-hydrogen) atoms. The third-order valence-corrected chi connectivity index (χ3v) is 5.26. The van der Waals surface area contributed by atoms with Crippen molar-refractivity contribution in [3.63, 3.8) is 0 Å². The van der Waals surface area contributed by atoms with Gasteiger partial charge in [0.05, 0.1) is 5.56 Å². The Morgan fingerprint density at radius 3 is 1.23 bits per heavy atom. The lowest BCUT2D eigenvalue weighted by Crippen LogP contribution is -2.10. The molecule has 0 bridgehead atoms. The summed E-state index contributed by atoms with van der Waals surface area (Å²) < 4.78 is 49.3. The van der Waals surface area contributed by atoms with Crippen molar-refractivity contribution in [2.45, 2.75) is 101 Å². The molecule has 1 saturated carbocycles. The second kappa shape index (κ2) is 12.4. The molecule has 1 aliphatic rings. The third kappa shape index (κ3) is 16.5.